The van der Waals surface area contributed by atoms with E-state index < -0.39 is 30.1 Å². The number of carbonyl (C=O) groups excluding carboxylic acids is 2. The Morgan fingerprint density at radius 1 is 0.808 bits per heavy atom. The zero-order valence-electron chi connectivity index (χ0n) is 29.3. The van der Waals surface area contributed by atoms with Crippen LogP contribution in [0.3, 0.4) is 0 Å². The number of rotatable bonds is 10. The molecular formula is C40H41N3O9. The fourth-order valence-corrected chi connectivity index (χ4v) is 6.97. The molecule has 0 aromatic heterocycles. The molecule has 2 N–H and O–H groups in total. The molecule has 3 saturated heterocycles. The van der Waals surface area contributed by atoms with Gasteiger partial charge in [0.05, 0.1) is 49.6 Å². The standard InChI is InChI=1S/C40H41N3O9/c1-40(2)51-36-35(50-39(45)37(36)52-40)23-49-33-13-6-26(22-34(33)46-3)25-5-11-29-31(21-25)41-30-12-4-24(20-32(30)42-38(29)44)14-17-48-28-9-7-27(8-10-28)43-15-18-47-19-16-43/h4-13,20-22,35-37,41H,14-19,23H2,1-3H3,(H,42,44)/t35-,36-,37-/m1/s1. The molecule has 4 aliphatic rings. The molecule has 12 heteroatoms. The number of anilines is 4. The van der Waals surface area contributed by atoms with Crippen molar-refractivity contribution in [3.05, 3.63) is 90.0 Å². The van der Waals surface area contributed by atoms with Crippen LogP contribution in [0, 0.1) is 0 Å². The topological polar surface area (TPSA) is 126 Å². The summed E-state index contributed by atoms with van der Waals surface area (Å²) in [5.41, 5.74) is 6.68. The van der Waals surface area contributed by atoms with E-state index in [0.29, 0.717) is 41.5 Å². The number of carbonyl (C=O) groups is 2. The lowest BCUT2D eigenvalue weighted by Gasteiger charge is -2.28. The van der Waals surface area contributed by atoms with Gasteiger partial charge in [-0.2, -0.15) is 0 Å². The van der Waals surface area contributed by atoms with Gasteiger partial charge in [-0.3, -0.25) is 4.79 Å². The second-order valence-electron chi connectivity index (χ2n) is 13.6. The third-order valence-electron chi connectivity index (χ3n) is 9.63. The number of fused-ring (bicyclic) bond motifs is 3. The first-order chi connectivity index (χ1) is 25.2. The Bertz CT molecular complexity index is 1980. The van der Waals surface area contributed by atoms with Crippen LogP contribution in [0.1, 0.15) is 29.8 Å². The van der Waals surface area contributed by atoms with E-state index in [1.165, 1.54) is 5.69 Å². The molecule has 4 aromatic rings. The highest BCUT2D eigenvalue weighted by atomic mass is 16.8. The molecular weight excluding hydrogens is 666 g/mol. The number of cyclic esters (lactones) is 1. The van der Waals surface area contributed by atoms with Gasteiger partial charge in [-0.05, 0) is 91.2 Å². The maximum absolute atomic E-state index is 13.3. The minimum Gasteiger partial charge on any atom is -0.493 e. The largest absolute Gasteiger partial charge is 0.493 e. The summed E-state index contributed by atoms with van der Waals surface area (Å²) in [6.07, 6.45) is -1.24. The van der Waals surface area contributed by atoms with E-state index in [9.17, 15) is 9.59 Å². The highest BCUT2D eigenvalue weighted by Crippen LogP contribution is 2.39. The average molecular weight is 708 g/mol. The van der Waals surface area contributed by atoms with Crippen molar-refractivity contribution >= 4 is 34.6 Å². The highest BCUT2D eigenvalue weighted by molar-refractivity contribution is 6.12. The number of nitrogens with zero attached hydrogens (tertiary/aromatic N) is 1. The zero-order chi connectivity index (χ0) is 35.8. The smallest absolute Gasteiger partial charge is 0.338 e. The monoisotopic (exact) mass is 707 g/mol. The van der Waals surface area contributed by atoms with Gasteiger partial charge >= 0.3 is 5.97 Å². The number of morpholine rings is 1. The van der Waals surface area contributed by atoms with Crippen molar-refractivity contribution in [1.82, 2.24) is 0 Å². The van der Waals surface area contributed by atoms with Crippen molar-refractivity contribution in [1.29, 1.82) is 0 Å². The Labute approximate surface area is 301 Å². The lowest BCUT2D eigenvalue weighted by atomic mass is 10.0. The van der Waals surface area contributed by atoms with Crippen LogP contribution in [0.4, 0.5) is 22.7 Å². The molecule has 12 nitrogen and oxygen atoms in total. The maximum Gasteiger partial charge on any atom is 0.338 e. The molecule has 270 valence electrons. The van der Waals surface area contributed by atoms with E-state index in [1.807, 2.05) is 66.7 Å². The molecule has 4 aliphatic heterocycles. The van der Waals surface area contributed by atoms with Crippen LogP contribution in [0.2, 0.25) is 0 Å². The van der Waals surface area contributed by atoms with E-state index in [0.717, 1.165) is 54.4 Å². The number of esters is 1. The number of benzene rings is 4. The second-order valence-corrected chi connectivity index (χ2v) is 13.6. The normalized spacial score (nSPS) is 21.5. The summed E-state index contributed by atoms with van der Waals surface area (Å²) in [6, 6.07) is 25.4. The highest BCUT2D eigenvalue weighted by Gasteiger charge is 2.56. The lowest BCUT2D eigenvalue weighted by molar-refractivity contribution is -0.188. The summed E-state index contributed by atoms with van der Waals surface area (Å²) in [5, 5.41) is 6.53. The molecule has 1 amide bonds. The Morgan fingerprint density at radius 2 is 1.60 bits per heavy atom. The van der Waals surface area contributed by atoms with Gasteiger partial charge < -0.3 is 48.7 Å². The molecule has 52 heavy (non-hydrogen) atoms. The van der Waals surface area contributed by atoms with Crippen LogP contribution in [0.15, 0.2) is 78.9 Å². The van der Waals surface area contributed by atoms with Gasteiger partial charge in [0.2, 0.25) is 0 Å². The van der Waals surface area contributed by atoms with Crippen molar-refractivity contribution < 1.29 is 42.7 Å². The van der Waals surface area contributed by atoms with Gasteiger partial charge in [0.25, 0.3) is 5.91 Å². The zero-order valence-corrected chi connectivity index (χ0v) is 29.3. The summed E-state index contributed by atoms with van der Waals surface area (Å²) >= 11 is 0. The first-order valence-corrected chi connectivity index (χ1v) is 17.5. The van der Waals surface area contributed by atoms with Gasteiger partial charge in [-0.1, -0.05) is 18.2 Å². The average Bonchev–Trinajstić information content (AvgIpc) is 3.58. The number of hydrogen-bond donors (Lipinski definition) is 2. The number of amides is 1. The molecule has 4 aromatic carbocycles. The van der Waals surface area contributed by atoms with Crippen LogP contribution >= 0.6 is 0 Å². The quantitative estimate of drug-likeness (QED) is 0.190. The summed E-state index contributed by atoms with van der Waals surface area (Å²) in [7, 11) is 1.57. The Hall–Kier alpha value is -5.30. The van der Waals surface area contributed by atoms with E-state index in [4.69, 9.17) is 33.2 Å². The van der Waals surface area contributed by atoms with Gasteiger partial charge in [-0.15, -0.1) is 0 Å². The van der Waals surface area contributed by atoms with E-state index in [2.05, 4.69) is 27.7 Å². The summed E-state index contributed by atoms with van der Waals surface area (Å²) in [4.78, 5) is 28.0. The van der Waals surface area contributed by atoms with Crippen molar-refractivity contribution in [2.45, 2.75) is 44.4 Å². The SMILES string of the molecule is COc1cc(-c2ccc3c(c2)Nc2ccc(CCOc4ccc(N5CCOCC5)cc4)cc2NC3=O)ccc1OC[C@H]1OC(=O)[C@@H]2OC(C)(C)O[C@H]12. The number of hydrogen-bond acceptors (Lipinski definition) is 11. The van der Waals surface area contributed by atoms with Crippen LogP contribution in [-0.4, -0.2) is 82.6 Å². The second kappa shape index (κ2) is 14.0. The van der Waals surface area contributed by atoms with Crippen LogP contribution in [0.5, 0.6) is 17.2 Å². The molecule has 0 aliphatic carbocycles. The summed E-state index contributed by atoms with van der Waals surface area (Å²) in [6.45, 7) is 7.41. The van der Waals surface area contributed by atoms with Crippen molar-refractivity contribution in [3.63, 3.8) is 0 Å². The third kappa shape index (κ3) is 6.97. The van der Waals surface area contributed by atoms with Gasteiger partial charge in [0.15, 0.2) is 29.5 Å². The predicted molar refractivity (Wildman–Crippen MR) is 194 cm³/mol. The van der Waals surface area contributed by atoms with Gasteiger partial charge in [0, 0.05) is 25.2 Å². The Balaban J connectivity index is 0.912. The minimum atomic E-state index is -0.867. The van der Waals surface area contributed by atoms with E-state index in [1.54, 1.807) is 21.0 Å². The van der Waals surface area contributed by atoms with E-state index >= 15 is 0 Å². The minimum absolute atomic E-state index is 0.0810. The molecule has 0 unspecified atom stereocenters. The molecule has 3 atom stereocenters. The van der Waals surface area contributed by atoms with Crippen molar-refractivity contribution in [3.8, 4) is 28.4 Å². The Morgan fingerprint density at radius 3 is 2.40 bits per heavy atom. The van der Waals surface area contributed by atoms with Gasteiger partial charge in [0.1, 0.15) is 18.5 Å². The first kappa shape index (κ1) is 33.8. The maximum atomic E-state index is 13.3. The van der Waals surface area contributed by atoms with Crippen LogP contribution in [0.25, 0.3) is 11.1 Å². The molecule has 0 radical (unpaired) electrons. The molecule has 0 spiro atoms. The third-order valence-corrected chi connectivity index (χ3v) is 9.63. The fraction of sp³-hybridized carbons (Fsp3) is 0.350. The molecule has 0 saturated carbocycles. The lowest BCUT2D eigenvalue weighted by Crippen LogP contribution is -2.36. The number of ether oxygens (including phenoxy) is 7. The molecule has 8 rings (SSSR count). The first-order valence-electron chi connectivity index (χ1n) is 17.5. The number of methoxy groups -OCH3 is 1. The van der Waals surface area contributed by atoms with Crippen molar-refractivity contribution in [2.75, 3.05) is 62.2 Å². The summed E-state index contributed by atoms with van der Waals surface area (Å²) < 4.78 is 40.3. The molecule has 4 heterocycles. The molecule has 3 fully saturated rings. The van der Waals surface area contributed by atoms with Gasteiger partial charge in [-0.25, -0.2) is 4.79 Å². The number of nitrogens with one attached hydrogen (secondary N) is 2. The van der Waals surface area contributed by atoms with Crippen LogP contribution in [-0.2, 0) is 30.2 Å². The molecule has 0 bridgehead atoms. The Kier molecular flexibility index (Phi) is 9.12. The predicted octanol–water partition coefficient (Wildman–Crippen LogP) is 5.95. The fourth-order valence-electron chi connectivity index (χ4n) is 6.97. The van der Waals surface area contributed by atoms with Crippen molar-refractivity contribution in [2.24, 2.45) is 0 Å². The van der Waals surface area contributed by atoms with E-state index in [-0.39, 0.29) is 12.5 Å². The van der Waals surface area contributed by atoms with Crippen LogP contribution < -0.4 is 29.7 Å². The summed E-state index contributed by atoms with van der Waals surface area (Å²) in [5.74, 6) is 0.308.